The van der Waals surface area contributed by atoms with Gasteiger partial charge in [0.1, 0.15) is 5.78 Å². The standard InChI is InChI=1S/C16H30N2O/c1-14(19)16(2,3)13-17-11-7-15(8-12-17)18-9-5-4-6-10-18/h15H,4-13H2,1-3H3. The van der Waals surface area contributed by atoms with Gasteiger partial charge in [0.05, 0.1) is 0 Å². The summed E-state index contributed by atoms with van der Waals surface area (Å²) in [5.41, 5.74) is -0.183. The molecule has 0 aromatic heterocycles. The summed E-state index contributed by atoms with van der Waals surface area (Å²) in [6.07, 6.45) is 6.76. The summed E-state index contributed by atoms with van der Waals surface area (Å²) < 4.78 is 0. The Morgan fingerprint density at radius 1 is 1.05 bits per heavy atom. The molecule has 0 atom stereocenters. The van der Waals surface area contributed by atoms with E-state index in [9.17, 15) is 4.79 Å². The molecule has 3 heteroatoms. The maximum absolute atomic E-state index is 11.6. The smallest absolute Gasteiger partial charge is 0.136 e. The van der Waals surface area contributed by atoms with Gasteiger partial charge in [0, 0.05) is 18.0 Å². The predicted molar refractivity (Wildman–Crippen MR) is 79.3 cm³/mol. The van der Waals surface area contributed by atoms with Gasteiger partial charge in [-0.3, -0.25) is 4.79 Å². The van der Waals surface area contributed by atoms with E-state index in [2.05, 4.69) is 23.6 Å². The van der Waals surface area contributed by atoms with E-state index in [0.717, 1.165) is 25.7 Å². The molecule has 2 aliphatic rings. The molecule has 0 amide bonds. The molecule has 0 aliphatic carbocycles. The van der Waals surface area contributed by atoms with Gasteiger partial charge in [-0.15, -0.1) is 0 Å². The van der Waals surface area contributed by atoms with Crippen molar-refractivity contribution in [2.75, 3.05) is 32.7 Å². The molecule has 2 fully saturated rings. The number of carbonyl (C=O) groups is 1. The summed E-state index contributed by atoms with van der Waals surface area (Å²) in [5, 5.41) is 0. The van der Waals surface area contributed by atoms with Crippen LogP contribution in [0.2, 0.25) is 0 Å². The second-order valence-corrected chi connectivity index (χ2v) is 7.04. The molecule has 0 aromatic rings. The van der Waals surface area contributed by atoms with Crippen LogP contribution in [0.15, 0.2) is 0 Å². The topological polar surface area (TPSA) is 23.6 Å². The highest BCUT2D eigenvalue weighted by Crippen LogP contribution is 2.24. The van der Waals surface area contributed by atoms with Crippen LogP contribution in [0.1, 0.15) is 52.9 Å². The molecule has 110 valence electrons. The highest BCUT2D eigenvalue weighted by molar-refractivity contribution is 5.81. The highest BCUT2D eigenvalue weighted by atomic mass is 16.1. The van der Waals surface area contributed by atoms with Crippen molar-refractivity contribution in [3.8, 4) is 0 Å². The molecule has 2 saturated heterocycles. The van der Waals surface area contributed by atoms with Gasteiger partial charge in [0.2, 0.25) is 0 Å². The molecule has 0 saturated carbocycles. The van der Waals surface area contributed by atoms with Crippen molar-refractivity contribution in [3.63, 3.8) is 0 Å². The Hall–Kier alpha value is -0.410. The Morgan fingerprint density at radius 3 is 2.16 bits per heavy atom. The lowest BCUT2D eigenvalue weighted by atomic mass is 9.87. The number of likely N-dealkylation sites (tertiary alicyclic amines) is 2. The van der Waals surface area contributed by atoms with Gasteiger partial charge in [0.25, 0.3) is 0 Å². The third-order valence-corrected chi connectivity index (χ3v) is 5.04. The third-order valence-electron chi connectivity index (χ3n) is 5.04. The van der Waals surface area contributed by atoms with Gasteiger partial charge in [-0.2, -0.15) is 0 Å². The Morgan fingerprint density at radius 2 is 1.63 bits per heavy atom. The van der Waals surface area contributed by atoms with Crippen LogP contribution < -0.4 is 0 Å². The third kappa shape index (κ3) is 4.03. The Balaban J connectivity index is 1.77. The first-order chi connectivity index (χ1) is 8.99. The average molecular weight is 266 g/mol. The van der Waals surface area contributed by atoms with Gasteiger partial charge in [-0.1, -0.05) is 20.3 Å². The summed E-state index contributed by atoms with van der Waals surface area (Å²) in [5.74, 6) is 0.311. The minimum absolute atomic E-state index is 0.183. The lowest BCUT2D eigenvalue weighted by molar-refractivity contribution is -0.126. The molecule has 0 spiro atoms. The van der Waals surface area contributed by atoms with Crippen LogP contribution in [-0.2, 0) is 4.79 Å². The monoisotopic (exact) mass is 266 g/mol. The van der Waals surface area contributed by atoms with Gasteiger partial charge >= 0.3 is 0 Å². The maximum Gasteiger partial charge on any atom is 0.136 e. The Labute approximate surface area is 118 Å². The zero-order valence-electron chi connectivity index (χ0n) is 13.0. The summed E-state index contributed by atoms with van der Waals surface area (Å²) >= 11 is 0. The number of carbonyl (C=O) groups excluding carboxylic acids is 1. The van der Waals surface area contributed by atoms with Crippen molar-refractivity contribution in [1.29, 1.82) is 0 Å². The van der Waals surface area contributed by atoms with Crippen molar-refractivity contribution in [2.24, 2.45) is 5.41 Å². The molecule has 2 aliphatic heterocycles. The molecule has 3 nitrogen and oxygen atoms in total. The average Bonchev–Trinajstić information content (AvgIpc) is 2.40. The van der Waals surface area contributed by atoms with Gasteiger partial charge in [-0.05, 0) is 58.8 Å². The van der Waals surface area contributed by atoms with Crippen molar-refractivity contribution in [2.45, 2.75) is 58.9 Å². The van der Waals surface area contributed by atoms with Crippen LogP contribution in [0.3, 0.4) is 0 Å². The normalized spacial score (nSPS) is 24.6. The number of piperidine rings is 2. The van der Waals surface area contributed by atoms with E-state index in [1.165, 1.54) is 45.2 Å². The molecule has 2 rings (SSSR count). The fourth-order valence-corrected chi connectivity index (χ4v) is 3.40. The van der Waals surface area contributed by atoms with Crippen molar-refractivity contribution in [1.82, 2.24) is 9.80 Å². The molecule has 0 unspecified atom stereocenters. The SMILES string of the molecule is CC(=O)C(C)(C)CN1CCC(N2CCCCC2)CC1. The minimum atomic E-state index is -0.183. The number of ketones is 1. The van der Waals surface area contributed by atoms with Crippen LogP contribution in [0.25, 0.3) is 0 Å². The molecule has 0 aromatic carbocycles. The molecular formula is C16H30N2O. The van der Waals surface area contributed by atoms with E-state index in [0.29, 0.717) is 5.78 Å². The lowest BCUT2D eigenvalue weighted by Crippen LogP contribution is -2.49. The summed E-state index contributed by atoms with van der Waals surface area (Å²) in [7, 11) is 0. The van der Waals surface area contributed by atoms with E-state index in [1.807, 2.05) is 0 Å². The van der Waals surface area contributed by atoms with Crippen molar-refractivity contribution >= 4 is 5.78 Å². The summed E-state index contributed by atoms with van der Waals surface area (Å²) in [4.78, 5) is 16.8. The molecular weight excluding hydrogens is 236 g/mol. The number of hydrogen-bond acceptors (Lipinski definition) is 3. The first kappa shape index (κ1) is 15.0. The number of nitrogens with zero attached hydrogens (tertiary/aromatic N) is 2. The van der Waals surface area contributed by atoms with Crippen LogP contribution in [0.4, 0.5) is 0 Å². The first-order valence-corrected chi connectivity index (χ1v) is 7.96. The van der Waals surface area contributed by atoms with Crippen LogP contribution in [0, 0.1) is 5.41 Å². The maximum atomic E-state index is 11.6. The minimum Gasteiger partial charge on any atom is -0.302 e. The fraction of sp³-hybridized carbons (Fsp3) is 0.938. The number of rotatable bonds is 4. The Bertz CT molecular complexity index is 300. The second kappa shape index (κ2) is 6.36. The Kier molecular flexibility index (Phi) is 5.02. The molecule has 2 heterocycles. The second-order valence-electron chi connectivity index (χ2n) is 7.04. The van der Waals surface area contributed by atoms with Crippen LogP contribution >= 0.6 is 0 Å². The highest BCUT2D eigenvalue weighted by Gasteiger charge is 2.30. The van der Waals surface area contributed by atoms with E-state index in [1.54, 1.807) is 6.92 Å². The van der Waals surface area contributed by atoms with E-state index in [-0.39, 0.29) is 5.41 Å². The quantitative estimate of drug-likeness (QED) is 0.781. The predicted octanol–water partition coefficient (Wildman–Crippen LogP) is 2.55. The summed E-state index contributed by atoms with van der Waals surface area (Å²) in [6, 6.07) is 0.803. The van der Waals surface area contributed by atoms with Crippen molar-refractivity contribution < 1.29 is 4.79 Å². The van der Waals surface area contributed by atoms with Crippen molar-refractivity contribution in [3.05, 3.63) is 0 Å². The van der Waals surface area contributed by atoms with E-state index in [4.69, 9.17) is 0 Å². The van der Waals surface area contributed by atoms with E-state index >= 15 is 0 Å². The summed E-state index contributed by atoms with van der Waals surface area (Å²) in [6.45, 7) is 11.7. The zero-order chi connectivity index (χ0) is 13.9. The van der Waals surface area contributed by atoms with E-state index < -0.39 is 0 Å². The first-order valence-electron chi connectivity index (χ1n) is 7.96. The molecule has 0 radical (unpaired) electrons. The number of hydrogen-bond donors (Lipinski definition) is 0. The zero-order valence-corrected chi connectivity index (χ0v) is 13.0. The van der Waals surface area contributed by atoms with Crippen LogP contribution in [0.5, 0.6) is 0 Å². The van der Waals surface area contributed by atoms with Gasteiger partial charge in [-0.25, -0.2) is 0 Å². The molecule has 0 bridgehead atoms. The van der Waals surface area contributed by atoms with Gasteiger partial charge < -0.3 is 9.80 Å². The largest absolute Gasteiger partial charge is 0.302 e. The molecule has 19 heavy (non-hydrogen) atoms. The lowest BCUT2D eigenvalue weighted by Gasteiger charge is -2.41. The van der Waals surface area contributed by atoms with Crippen LogP contribution in [-0.4, -0.2) is 54.3 Å². The fourth-order valence-electron chi connectivity index (χ4n) is 3.40. The molecule has 0 N–H and O–H groups in total. The van der Waals surface area contributed by atoms with Gasteiger partial charge in [0.15, 0.2) is 0 Å². The number of Topliss-reactive ketones (excluding diaryl/α,β-unsaturated/α-hetero) is 1.